The molecule has 4 heterocycles. The van der Waals surface area contributed by atoms with Crippen LogP contribution in [0, 0.1) is 5.92 Å². The smallest absolute Gasteiger partial charge is 0.342 e. The molecule has 2 fully saturated rings. The van der Waals surface area contributed by atoms with Gasteiger partial charge in [-0.15, -0.1) is 0 Å². The summed E-state index contributed by atoms with van der Waals surface area (Å²) >= 11 is 0. The lowest BCUT2D eigenvalue weighted by atomic mass is 10.1. The van der Waals surface area contributed by atoms with Crippen molar-refractivity contribution in [1.29, 1.82) is 0 Å². The van der Waals surface area contributed by atoms with Crippen LogP contribution in [0.25, 0.3) is 22.2 Å². The predicted octanol–water partition coefficient (Wildman–Crippen LogP) is 5.54. The number of piperazine rings is 1. The van der Waals surface area contributed by atoms with E-state index in [0.29, 0.717) is 38.6 Å². The first-order valence-electron chi connectivity index (χ1n) is 14.2. The van der Waals surface area contributed by atoms with Gasteiger partial charge in [0.25, 0.3) is 0 Å². The first kappa shape index (κ1) is 27.4. The molecule has 41 heavy (non-hydrogen) atoms. The van der Waals surface area contributed by atoms with Gasteiger partial charge >= 0.3 is 6.18 Å². The third kappa shape index (κ3) is 6.29. The first-order valence-corrected chi connectivity index (χ1v) is 14.2. The zero-order valence-corrected chi connectivity index (χ0v) is 23.2. The highest BCUT2D eigenvalue weighted by atomic mass is 19.4. The number of benzene rings is 1. The largest absolute Gasteiger partial charge is 0.397 e. The Morgan fingerprint density at radius 1 is 1.07 bits per heavy atom. The summed E-state index contributed by atoms with van der Waals surface area (Å²) in [7, 11) is 0. The maximum absolute atomic E-state index is 12.6. The number of nitrogens with zero attached hydrogens (tertiary/aromatic N) is 6. The Bertz CT molecular complexity index is 1530. The monoisotopic (exact) mass is 565 g/mol. The number of fused-ring (bicyclic) bond motifs is 1. The second-order valence-corrected chi connectivity index (χ2v) is 11.3. The van der Waals surface area contributed by atoms with E-state index in [2.05, 4.69) is 62.9 Å². The number of hydrogen-bond acceptors (Lipinski definition) is 5. The molecule has 6 rings (SSSR count). The number of carbonyl (C=O) groups excluding carboxylic acids is 1. The number of imidazole rings is 1. The van der Waals surface area contributed by atoms with Crippen LogP contribution < -0.4 is 0 Å². The summed E-state index contributed by atoms with van der Waals surface area (Å²) in [5.41, 5.74) is 5.98. The number of nitrogens with one attached hydrogen (secondary N) is 1. The molecule has 0 spiro atoms. The van der Waals surface area contributed by atoms with Gasteiger partial charge in [0.15, 0.2) is 0 Å². The first-order chi connectivity index (χ1) is 19.6. The van der Waals surface area contributed by atoms with Gasteiger partial charge in [-0.1, -0.05) is 6.07 Å². The van der Waals surface area contributed by atoms with Gasteiger partial charge in [-0.25, -0.2) is 4.98 Å². The van der Waals surface area contributed by atoms with Crippen LogP contribution in [0.4, 0.5) is 13.2 Å². The van der Waals surface area contributed by atoms with Crippen molar-refractivity contribution < 1.29 is 18.0 Å². The molecule has 1 aromatic carbocycles. The van der Waals surface area contributed by atoms with Crippen molar-refractivity contribution in [2.45, 2.75) is 57.8 Å². The molecular formula is C30H34F3N7O. The third-order valence-electron chi connectivity index (χ3n) is 8.43. The topological polar surface area (TPSA) is 82.9 Å². The number of rotatable bonds is 8. The highest BCUT2D eigenvalue weighted by Crippen LogP contribution is 2.39. The predicted molar refractivity (Wildman–Crippen MR) is 149 cm³/mol. The van der Waals surface area contributed by atoms with E-state index in [9.17, 15) is 18.0 Å². The molecule has 11 heteroatoms. The number of aromatic nitrogens is 5. The van der Waals surface area contributed by atoms with Crippen LogP contribution in [-0.2, 0) is 11.2 Å². The number of alkyl halides is 3. The molecule has 0 radical (unpaired) electrons. The number of halogens is 3. The number of amides is 1. The van der Waals surface area contributed by atoms with Crippen LogP contribution >= 0.6 is 0 Å². The second-order valence-electron chi connectivity index (χ2n) is 11.3. The van der Waals surface area contributed by atoms with Gasteiger partial charge < -0.3 is 9.88 Å². The molecule has 2 atom stereocenters. The Hall–Kier alpha value is -3.73. The molecule has 1 amide bonds. The summed E-state index contributed by atoms with van der Waals surface area (Å²) in [6.45, 7) is 5.92. The van der Waals surface area contributed by atoms with Crippen LogP contribution in [0.2, 0.25) is 0 Å². The Morgan fingerprint density at radius 2 is 1.85 bits per heavy atom. The lowest BCUT2D eigenvalue weighted by Crippen LogP contribution is -2.50. The van der Waals surface area contributed by atoms with Gasteiger partial charge in [-0.3, -0.25) is 19.4 Å². The fraction of sp³-hybridized carbons (Fsp3) is 0.467. The van der Waals surface area contributed by atoms with Crippen molar-refractivity contribution in [3.63, 3.8) is 0 Å². The van der Waals surface area contributed by atoms with Crippen molar-refractivity contribution >= 4 is 16.9 Å². The van der Waals surface area contributed by atoms with Crippen LogP contribution in [-0.4, -0.2) is 72.8 Å². The van der Waals surface area contributed by atoms with Gasteiger partial charge in [-0.2, -0.15) is 18.3 Å². The van der Waals surface area contributed by atoms with E-state index < -0.39 is 18.5 Å². The van der Waals surface area contributed by atoms with Crippen LogP contribution in [0.5, 0.6) is 0 Å². The SMILES string of the molecule is CC(c1ccnc(Cc2nc3ccc(-c4cnn(C(C)C5CC5)c4)cc3[nH]2)c1)N1CCN(C(=O)CC(F)(F)F)CC1. The van der Waals surface area contributed by atoms with Crippen LogP contribution in [0.3, 0.4) is 0 Å². The normalized spacial score (nSPS) is 18.1. The van der Waals surface area contributed by atoms with Gasteiger partial charge in [0, 0.05) is 62.3 Å². The van der Waals surface area contributed by atoms with Gasteiger partial charge in [0.2, 0.25) is 5.91 Å². The molecule has 0 bridgehead atoms. The fourth-order valence-electron chi connectivity index (χ4n) is 5.71. The second kappa shape index (κ2) is 10.9. The Balaban J connectivity index is 1.10. The molecule has 1 N–H and O–H groups in total. The maximum Gasteiger partial charge on any atom is 0.397 e. The minimum atomic E-state index is -4.48. The quantitative estimate of drug-likeness (QED) is 0.303. The van der Waals surface area contributed by atoms with E-state index >= 15 is 0 Å². The molecule has 1 aliphatic carbocycles. The molecule has 2 aliphatic rings. The zero-order valence-electron chi connectivity index (χ0n) is 23.2. The number of hydrogen-bond donors (Lipinski definition) is 1. The molecular weight excluding hydrogens is 531 g/mol. The average molecular weight is 566 g/mol. The van der Waals surface area contributed by atoms with Crippen molar-refractivity contribution in [3.8, 4) is 11.1 Å². The minimum absolute atomic E-state index is 0.0402. The molecule has 1 aliphatic heterocycles. The Labute approximate surface area is 236 Å². The van der Waals surface area contributed by atoms with Crippen LogP contribution in [0.15, 0.2) is 48.9 Å². The van der Waals surface area contributed by atoms with Crippen molar-refractivity contribution in [1.82, 2.24) is 34.5 Å². The number of pyridine rings is 1. The summed E-state index contributed by atoms with van der Waals surface area (Å²) in [4.78, 5) is 28.2. The van der Waals surface area contributed by atoms with E-state index in [4.69, 9.17) is 4.98 Å². The van der Waals surface area contributed by atoms with Gasteiger partial charge in [0.1, 0.15) is 12.2 Å². The van der Waals surface area contributed by atoms with Gasteiger partial charge in [0.05, 0.1) is 23.3 Å². The molecule has 4 aromatic rings. The summed E-state index contributed by atoms with van der Waals surface area (Å²) < 4.78 is 39.9. The lowest BCUT2D eigenvalue weighted by Gasteiger charge is -2.38. The number of aromatic amines is 1. The zero-order chi connectivity index (χ0) is 28.7. The highest BCUT2D eigenvalue weighted by molar-refractivity contribution is 5.81. The van der Waals surface area contributed by atoms with E-state index in [0.717, 1.165) is 45.2 Å². The average Bonchev–Trinajstić information content (AvgIpc) is 3.54. The Kier molecular flexibility index (Phi) is 7.31. The molecule has 3 aromatic heterocycles. The van der Waals surface area contributed by atoms with E-state index in [1.54, 1.807) is 6.20 Å². The summed E-state index contributed by atoms with van der Waals surface area (Å²) in [6.07, 6.45) is 3.06. The summed E-state index contributed by atoms with van der Waals surface area (Å²) in [5, 5.41) is 4.60. The summed E-state index contributed by atoms with van der Waals surface area (Å²) in [6, 6.07) is 10.7. The van der Waals surface area contributed by atoms with E-state index in [-0.39, 0.29) is 6.04 Å². The van der Waals surface area contributed by atoms with Crippen LogP contribution in [0.1, 0.15) is 62.3 Å². The Morgan fingerprint density at radius 3 is 2.59 bits per heavy atom. The molecule has 1 saturated heterocycles. The highest BCUT2D eigenvalue weighted by Gasteiger charge is 2.35. The molecule has 2 unspecified atom stereocenters. The lowest BCUT2D eigenvalue weighted by molar-refractivity contribution is -0.162. The minimum Gasteiger partial charge on any atom is -0.342 e. The third-order valence-corrected chi connectivity index (χ3v) is 8.43. The fourth-order valence-corrected chi connectivity index (χ4v) is 5.71. The van der Waals surface area contributed by atoms with E-state index in [1.165, 1.54) is 17.7 Å². The van der Waals surface area contributed by atoms with Gasteiger partial charge in [-0.05, 0) is 68.0 Å². The standard InChI is InChI=1S/C30H34F3N7O/c1-19(38-9-11-39(12-10-38)29(41)16-30(31,32)33)22-7-8-34-25(13-22)15-28-36-26-6-5-23(14-27(26)37-28)24-17-35-40(18-24)20(2)21-3-4-21/h5-8,13-14,17-21H,3-4,9-12,15-16H2,1-2H3,(H,36,37). The number of H-pyrrole nitrogens is 1. The molecule has 8 nitrogen and oxygen atoms in total. The van der Waals surface area contributed by atoms with Crippen molar-refractivity contribution in [3.05, 3.63) is 66.0 Å². The van der Waals surface area contributed by atoms with Crippen molar-refractivity contribution in [2.24, 2.45) is 5.92 Å². The van der Waals surface area contributed by atoms with E-state index in [1.807, 2.05) is 18.3 Å². The maximum atomic E-state index is 12.6. The molecule has 216 valence electrons. The molecule has 1 saturated carbocycles. The summed E-state index contributed by atoms with van der Waals surface area (Å²) in [5.74, 6) is 0.708. The number of carbonyl (C=O) groups is 1. The van der Waals surface area contributed by atoms with Crippen molar-refractivity contribution in [2.75, 3.05) is 26.2 Å².